The second-order valence-electron chi connectivity index (χ2n) is 5.10. The molecule has 1 aromatic rings. The monoisotopic (exact) mass is 360 g/mol. The van der Waals surface area contributed by atoms with Crippen LogP contribution in [0.4, 0.5) is 22.0 Å². The first-order chi connectivity index (χ1) is 13.4. The Morgan fingerprint density at radius 2 is 2.08 bits per heavy atom. The summed E-state index contributed by atoms with van der Waals surface area (Å²) in [5.41, 5.74) is -5.23. The lowest BCUT2D eigenvalue weighted by Gasteiger charge is -2.31. The van der Waals surface area contributed by atoms with E-state index in [0.717, 1.165) is 7.11 Å². The summed E-state index contributed by atoms with van der Waals surface area (Å²) >= 11 is 0. The lowest BCUT2D eigenvalue weighted by molar-refractivity contribution is -0.273. The maximum absolute atomic E-state index is 14.2. The molecule has 1 fully saturated rings. The van der Waals surface area contributed by atoms with Gasteiger partial charge >= 0.3 is 12.1 Å². The van der Waals surface area contributed by atoms with Gasteiger partial charge in [-0.2, -0.15) is 17.6 Å². The van der Waals surface area contributed by atoms with Gasteiger partial charge in [0.2, 0.25) is 5.82 Å². The van der Waals surface area contributed by atoms with Gasteiger partial charge in [-0.1, -0.05) is 12.9 Å². The Hall–Kier alpha value is -1.90. The van der Waals surface area contributed by atoms with Crippen molar-refractivity contribution in [2.75, 3.05) is 7.11 Å². The molecule has 134 valence electrons. The molecule has 1 heterocycles. The summed E-state index contributed by atoms with van der Waals surface area (Å²) in [5, 5.41) is 9.41. The molecule has 0 bridgehead atoms. The van der Waals surface area contributed by atoms with Crippen LogP contribution in [0, 0.1) is 17.6 Å². The van der Waals surface area contributed by atoms with Crippen molar-refractivity contribution in [2.45, 2.75) is 37.5 Å². The van der Waals surface area contributed by atoms with E-state index in [2.05, 4.69) is 9.47 Å². The number of hydrogen-bond donors (Lipinski definition) is 1. The Balaban J connectivity index is 2.97. The van der Waals surface area contributed by atoms with Crippen LogP contribution in [0.3, 0.4) is 0 Å². The van der Waals surface area contributed by atoms with E-state index in [-0.39, 0.29) is 0 Å². The van der Waals surface area contributed by atoms with E-state index >= 15 is 0 Å². The van der Waals surface area contributed by atoms with E-state index in [1.165, 1.54) is 0 Å². The fourth-order valence-corrected chi connectivity index (χ4v) is 2.58. The third-order valence-corrected chi connectivity index (χ3v) is 3.74. The summed E-state index contributed by atoms with van der Waals surface area (Å²) in [4.78, 5) is 11.7. The molecule has 0 aromatic heterocycles. The lowest BCUT2D eigenvalue weighted by atomic mass is 9.77. The Morgan fingerprint density at radius 3 is 2.54 bits per heavy atom. The highest BCUT2D eigenvalue weighted by atomic mass is 19.4. The van der Waals surface area contributed by atoms with Crippen LogP contribution in [-0.4, -0.2) is 36.1 Å². The molecule has 1 aliphatic heterocycles. The molecular formula is C15H15F5O4. The van der Waals surface area contributed by atoms with Gasteiger partial charge in [0.25, 0.3) is 0 Å². The van der Waals surface area contributed by atoms with Crippen LogP contribution >= 0.6 is 0 Å². The zero-order chi connectivity index (χ0) is 23.4. The zero-order valence-corrected chi connectivity index (χ0v) is 11.9. The highest BCUT2D eigenvalue weighted by Gasteiger charge is 2.66. The van der Waals surface area contributed by atoms with Crippen LogP contribution < -0.4 is 4.74 Å². The Bertz CT molecular complexity index is 825. The van der Waals surface area contributed by atoms with Gasteiger partial charge < -0.3 is 14.6 Å². The number of halogens is 5. The topological polar surface area (TPSA) is 55.8 Å². The molecule has 4 atom stereocenters. The number of carboxylic acids is 1. The third-order valence-electron chi connectivity index (χ3n) is 3.74. The smallest absolute Gasteiger partial charge is 0.417 e. The maximum Gasteiger partial charge on any atom is 0.417 e. The van der Waals surface area contributed by atoms with E-state index < -0.39 is 72.3 Å². The van der Waals surface area contributed by atoms with Gasteiger partial charge in [0.05, 0.1) is 7.11 Å². The summed E-state index contributed by atoms with van der Waals surface area (Å²) in [6.07, 6.45) is -8.54. The molecule has 4 nitrogen and oxygen atoms in total. The van der Waals surface area contributed by atoms with Crippen molar-refractivity contribution in [1.82, 2.24) is 0 Å². The molecule has 2 rings (SSSR count). The second kappa shape index (κ2) is 5.87. The lowest BCUT2D eigenvalue weighted by Crippen LogP contribution is -2.47. The molecule has 0 radical (unpaired) electrons. The van der Waals surface area contributed by atoms with Crippen LogP contribution in [0.15, 0.2) is 12.1 Å². The minimum Gasteiger partial charge on any atom is -0.493 e. The van der Waals surface area contributed by atoms with Gasteiger partial charge in [-0.15, -0.1) is 0 Å². The van der Waals surface area contributed by atoms with E-state index in [0.29, 0.717) is 12.1 Å². The summed E-state index contributed by atoms with van der Waals surface area (Å²) in [6.45, 7) is -7.92. The minimum absolute atomic E-state index is 0.422. The summed E-state index contributed by atoms with van der Waals surface area (Å²) in [5.74, 6) is -11.8. The number of ether oxygens (including phenoxy) is 2. The van der Waals surface area contributed by atoms with Crippen molar-refractivity contribution in [2.24, 2.45) is 5.92 Å². The average molecular weight is 360 g/mol. The number of methoxy groups -OCH3 is 1. The summed E-state index contributed by atoms with van der Waals surface area (Å²) < 4.78 is 124. The maximum atomic E-state index is 14.2. The van der Waals surface area contributed by atoms with Crippen molar-refractivity contribution in [3.05, 3.63) is 29.3 Å². The predicted octanol–water partition coefficient (Wildman–Crippen LogP) is 3.50. The number of aliphatic carboxylic acids is 1. The molecule has 0 saturated carbocycles. The molecule has 1 aromatic carbocycles. The quantitative estimate of drug-likeness (QED) is 0.839. The third kappa shape index (κ3) is 2.60. The van der Waals surface area contributed by atoms with E-state index in [1.54, 1.807) is 0 Å². The van der Waals surface area contributed by atoms with Gasteiger partial charge in [-0.05, 0) is 12.9 Å². The molecule has 1 N–H and O–H groups in total. The minimum atomic E-state index is -5.87. The van der Waals surface area contributed by atoms with Crippen molar-refractivity contribution >= 4 is 5.97 Å². The van der Waals surface area contributed by atoms with Crippen LogP contribution in [0.25, 0.3) is 0 Å². The standard InChI is InChI=1S/C15H15F5O4/c1-6-9(7-4-5-8(16)10(17)11(7)23-3)12(13(21)22)24-14(6,2)15(18,19)20/h4-6,9,12H,1-3H3,(H,21,22)/t6-,9?,12?,14+/m0/s1/i1D3,2D3. The second-order valence-corrected chi connectivity index (χ2v) is 5.10. The first kappa shape index (κ1) is 11.6. The van der Waals surface area contributed by atoms with E-state index in [9.17, 15) is 31.9 Å². The molecule has 0 aliphatic carbocycles. The van der Waals surface area contributed by atoms with Gasteiger partial charge in [0.1, 0.15) is 0 Å². The number of benzene rings is 1. The molecule has 9 heteroatoms. The highest BCUT2D eigenvalue weighted by molar-refractivity contribution is 5.75. The van der Waals surface area contributed by atoms with Gasteiger partial charge in [-0.3, -0.25) is 0 Å². The normalized spacial score (nSPS) is 35.2. The molecule has 1 saturated heterocycles. The number of hydrogen-bond acceptors (Lipinski definition) is 3. The first-order valence-electron chi connectivity index (χ1n) is 9.41. The Kier molecular flexibility index (Phi) is 2.84. The molecule has 24 heavy (non-hydrogen) atoms. The van der Waals surface area contributed by atoms with Crippen LogP contribution in [0.5, 0.6) is 5.75 Å². The highest BCUT2D eigenvalue weighted by Crippen LogP contribution is 2.54. The predicted molar refractivity (Wildman–Crippen MR) is 71.8 cm³/mol. The Morgan fingerprint density at radius 1 is 1.42 bits per heavy atom. The van der Waals surface area contributed by atoms with Crippen molar-refractivity contribution in [3.63, 3.8) is 0 Å². The van der Waals surface area contributed by atoms with Gasteiger partial charge in [0.15, 0.2) is 23.3 Å². The number of alkyl halides is 3. The number of carboxylic acid groups (broad SMARTS) is 1. The molecule has 0 spiro atoms. The number of rotatable bonds is 3. The molecule has 1 aliphatic rings. The van der Waals surface area contributed by atoms with Crippen molar-refractivity contribution in [3.8, 4) is 5.75 Å². The molecular weight excluding hydrogens is 339 g/mol. The van der Waals surface area contributed by atoms with Crippen molar-refractivity contribution < 1.29 is 49.6 Å². The average Bonchev–Trinajstić information content (AvgIpc) is 2.94. The van der Waals surface area contributed by atoms with Gasteiger partial charge in [0, 0.05) is 25.6 Å². The fraction of sp³-hybridized carbons (Fsp3) is 0.533. The summed E-state index contributed by atoms with van der Waals surface area (Å²) in [6, 6.07) is 1.05. The first-order valence-corrected chi connectivity index (χ1v) is 6.41. The SMILES string of the molecule is [2H]C([2H])([2H])[C@H]1C(c2ccc(F)c(F)c2OC)C(C(=O)O)O[C@@]1(C([2H])([2H])[2H])C(F)(F)F. The molecule has 0 amide bonds. The summed E-state index contributed by atoms with van der Waals surface area (Å²) in [7, 11) is 0.790. The molecule has 2 unspecified atom stereocenters. The fourth-order valence-electron chi connectivity index (χ4n) is 2.58. The van der Waals surface area contributed by atoms with E-state index in [4.69, 9.17) is 8.22 Å². The van der Waals surface area contributed by atoms with E-state index in [1.807, 2.05) is 0 Å². The Labute approximate surface area is 142 Å². The van der Waals surface area contributed by atoms with Gasteiger partial charge in [-0.25, -0.2) is 9.18 Å². The van der Waals surface area contributed by atoms with Crippen LogP contribution in [0.1, 0.15) is 33.4 Å². The van der Waals surface area contributed by atoms with Crippen LogP contribution in [-0.2, 0) is 9.53 Å². The van der Waals surface area contributed by atoms with Crippen molar-refractivity contribution in [1.29, 1.82) is 0 Å². The number of carbonyl (C=O) groups is 1. The zero-order valence-electron chi connectivity index (χ0n) is 17.9. The van der Waals surface area contributed by atoms with Crippen LogP contribution in [0.2, 0.25) is 0 Å². The largest absolute Gasteiger partial charge is 0.493 e.